The molecule has 0 aliphatic heterocycles. The number of nitrogens with zero attached hydrogens (tertiary/aromatic N) is 1. The van der Waals surface area contributed by atoms with Gasteiger partial charge in [0.1, 0.15) is 5.82 Å². The third-order valence-electron chi connectivity index (χ3n) is 4.28. The van der Waals surface area contributed by atoms with Crippen molar-refractivity contribution in [2.45, 2.75) is 20.4 Å². The fourth-order valence-corrected chi connectivity index (χ4v) is 2.63. The van der Waals surface area contributed by atoms with Gasteiger partial charge in [0, 0.05) is 18.0 Å². The summed E-state index contributed by atoms with van der Waals surface area (Å²) >= 11 is 0. The van der Waals surface area contributed by atoms with Gasteiger partial charge in [-0.25, -0.2) is 4.39 Å². The summed E-state index contributed by atoms with van der Waals surface area (Å²) in [5, 5.41) is 2.65. The number of aromatic nitrogens is 1. The first-order chi connectivity index (χ1) is 12.4. The van der Waals surface area contributed by atoms with Crippen molar-refractivity contribution >= 4 is 11.6 Å². The van der Waals surface area contributed by atoms with E-state index in [0.29, 0.717) is 23.4 Å². The Bertz CT molecular complexity index is 1020. The van der Waals surface area contributed by atoms with Gasteiger partial charge in [-0.1, -0.05) is 30.3 Å². The van der Waals surface area contributed by atoms with Crippen LogP contribution in [0, 0.1) is 19.7 Å². The Labute approximate surface area is 150 Å². The predicted molar refractivity (Wildman–Crippen MR) is 100 cm³/mol. The van der Waals surface area contributed by atoms with E-state index in [0.717, 1.165) is 11.1 Å². The minimum absolute atomic E-state index is 0.189. The van der Waals surface area contributed by atoms with Crippen LogP contribution in [-0.2, 0) is 6.54 Å². The van der Waals surface area contributed by atoms with Crippen LogP contribution in [0.1, 0.15) is 27.0 Å². The van der Waals surface area contributed by atoms with Crippen molar-refractivity contribution < 1.29 is 9.18 Å². The zero-order valence-corrected chi connectivity index (χ0v) is 14.6. The number of pyridine rings is 1. The highest BCUT2D eigenvalue weighted by molar-refractivity contribution is 6.04. The van der Waals surface area contributed by atoms with Crippen LogP contribution in [0.4, 0.5) is 10.1 Å². The number of anilines is 1. The summed E-state index contributed by atoms with van der Waals surface area (Å²) in [6.07, 6.45) is 1.52. The summed E-state index contributed by atoms with van der Waals surface area (Å²) in [4.78, 5) is 24.6. The molecule has 3 aromatic rings. The molecule has 0 saturated heterocycles. The third-order valence-corrected chi connectivity index (χ3v) is 4.28. The van der Waals surface area contributed by atoms with Crippen LogP contribution >= 0.6 is 0 Å². The number of hydrogen-bond donors (Lipinski definition) is 1. The molecule has 2 aromatic carbocycles. The van der Waals surface area contributed by atoms with Gasteiger partial charge in [0.2, 0.25) is 0 Å². The highest BCUT2D eigenvalue weighted by atomic mass is 19.1. The number of rotatable bonds is 4. The molecule has 0 aliphatic carbocycles. The van der Waals surface area contributed by atoms with Crippen molar-refractivity contribution in [3.8, 4) is 0 Å². The molecule has 0 fully saturated rings. The van der Waals surface area contributed by atoms with Crippen LogP contribution < -0.4 is 10.9 Å². The van der Waals surface area contributed by atoms with Gasteiger partial charge in [-0.15, -0.1) is 0 Å². The zero-order valence-electron chi connectivity index (χ0n) is 14.6. The maximum atomic E-state index is 13.6. The van der Waals surface area contributed by atoms with Crippen molar-refractivity contribution in [3.63, 3.8) is 0 Å². The second-order valence-electron chi connectivity index (χ2n) is 6.23. The van der Waals surface area contributed by atoms with E-state index in [2.05, 4.69) is 5.32 Å². The fraction of sp³-hybridized carbons (Fsp3) is 0.143. The highest BCUT2D eigenvalue weighted by Gasteiger charge is 2.10. The van der Waals surface area contributed by atoms with E-state index in [1.165, 1.54) is 29.0 Å². The Morgan fingerprint density at radius 2 is 1.81 bits per heavy atom. The summed E-state index contributed by atoms with van der Waals surface area (Å²) in [7, 11) is 0. The second-order valence-corrected chi connectivity index (χ2v) is 6.23. The molecule has 1 heterocycles. The van der Waals surface area contributed by atoms with Crippen molar-refractivity contribution in [1.29, 1.82) is 0 Å². The Kier molecular flexibility index (Phi) is 4.98. The molecule has 0 unspecified atom stereocenters. The smallest absolute Gasteiger partial charge is 0.257 e. The van der Waals surface area contributed by atoms with Gasteiger partial charge >= 0.3 is 0 Å². The number of carbonyl (C=O) groups excluding carboxylic acids is 1. The number of benzene rings is 2. The van der Waals surface area contributed by atoms with Gasteiger partial charge in [0.05, 0.1) is 12.1 Å². The molecular formula is C21H19FN2O2. The molecule has 1 amide bonds. The maximum absolute atomic E-state index is 13.6. The van der Waals surface area contributed by atoms with Crippen LogP contribution in [0.3, 0.4) is 0 Å². The topological polar surface area (TPSA) is 51.1 Å². The number of hydrogen-bond acceptors (Lipinski definition) is 2. The Morgan fingerprint density at radius 1 is 1.04 bits per heavy atom. The molecular weight excluding hydrogens is 331 g/mol. The largest absolute Gasteiger partial charge is 0.322 e. The standard InChI is InChI=1S/C21H19FN2O2/c1-14-5-3-4-6-16(14)12-24-13-17(8-10-20(24)25)21(26)23-18-9-7-15(2)19(22)11-18/h3-11,13H,12H2,1-2H3,(H,23,26). The number of halogens is 1. The monoisotopic (exact) mass is 350 g/mol. The van der Waals surface area contributed by atoms with Crippen molar-refractivity contribution in [2.75, 3.05) is 5.32 Å². The maximum Gasteiger partial charge on any atom is 0.257 e. The van der Waals surface area contributed by atoms with E-state index < -0.39 is 5.91 Å². The van der Waals surface area contributed by atoms with Crippen molar-refractivity contribution in [1.82, 2.24) is 4.57 Å². The lowest BCUT2D eigenvalue weighted by Crippen LogP contribution is -2.22. The van der Waals surface area contributed by atoms with Gasteiger partial charge in [-0.2, -0.15) is 0 Å². The molecule has 0 bridgehead atoms. The first-order valence-corrected chi connectivity index (χ1v) is 8.26. The van der Waals surface area contributed by atoms with E-state index in [4.69, 9.17) is 0 Å². The molecule has 0 aliphatic rings. The fourth-order valence-electron chi connectivity index (χ4n) is 2.63. The first kappa shape index (κ1) is 17.6. The minimum atomic E-state index is -0.396. The van der Waals surface area contributed by atoms with E-state index in [-0.39, 0.29) is 11.4 Å². The van der Waals surface area contributed by atoms with Crippen molar-refractivity contribution in [3.05, 3.63) is 99.2 Å². The van der Waals surface area contributed by atoms with Gasteiger partial charge < -0.3 is 9.88 Å². The Morgan fingerprint density at radius 3 is 2.54 bits per heavy atom. The van der Waals surface area contributed by atoms with E-state index in [9.17, 15) is 14.0 Å². The molecule has 3 rings (SSSR count). The number of nitrogens with one attached hydrogen (secondary N) is 1. The lowest BCUT2D eigenvalue weighted by Gasteiger charge is -2.11. The van der Waals surface area contributed by atoms with Crippen LogP contribution in [-0.4, -0.2) is 10.5 Å². The van der Waals surface area contributed by atoms with Crippen LogP contribution in [0.2, 0.25) is 0 Å². The van der Waals surface area contributed by atoms with Gasteiger partial charge in [0.25, 0.3) is 11.5 Å². The average Bonchev–Trinajstić information content (AvgIpc) is 2.62. The predicted octanol–water partition coefficient (Wildman–Crippen LogP) is 3.90. The molecule has 1 N–H and O–H groups in total. The SMILES string of the molecule is Cc1ccc(NC(=O)c2ccc(=O)n(Cc3ccccc3C)c2)cc1F. The summed E-state index contributed by atoms with van der Waals surface area (Å²) in [5.41, 5.74) is 3.10. The number of carbonyl (C=O) groups is 1. The van der Waals surface area contributed by atoms with E-state index >= 15 is 0 Å². The lowest BCUT2D eigenvalue weighted by molar-refractivity contribution is 0.102. The van der Waals surface area contributed by atoms with Gasteiger partial charge in [-0.05, 0) is 48.7 Å². The minimum Gasteiger partial charge on any atom is -0.322 e. The normalized spacial score (nSPS) is 10.6. The molecule has 0 atom stereocenters. The molecule has 0 radical (unpaired) electrons. The van der Waals surface area contributed by atoms with E-state index in [1.54, 1.807) is 19.1 Å². The van der Waals surface area contributed by atoms with Crippen LogP contribution in [0.15, 0.2) is 65.6 Å². The van der Waals surface area contributed by atoms with Crippen LogP contribution in [0.5, 0.6) is 0 Å². The molecule has 4 nitrogen and oxygen atoms in total. The Balaban J connectivity index is 1.84. The zero-order chi connectivity index (χ0) is 18.7. The number of amides is 1. The molecule has 0 saturated carbocycles. The summed E-state index contributed by atoms with van der Waals surface area (Å²) < 4.78 is 15.1. The summed E-state index contributed by atoms with van der Waals surface area (Å²) in [6.45, 7) is 4.01. The summed E-state index contributed by atoms with van der Waals surface area (Å²) in [6, 6.07) is 15.1. The Hall–Kier alpha value is -3.21. The molecule has 132 valence electrons. The van der Waals surface area contributed by atoms with Crippen LogP contribution in [0.25, 0.3) is 0 Å². The molecule has 1 aromatic heterocycles. The molecule has 0 spiro atoms. The lowest BCUT2D eigenvalue weighted by atomic mass is 10.1. The van der Waals surface area contributed by atoms with Gasteiger partial charge in [0.15, 0.2) is 0 Å². The average molecular weight is 350 g/mol. The number of aryl methyl sites for hydroxylation is 2. The van der Waals surface area contributed by atoms with Crippen molar-refractivity contribution in [2.24, 2.45) is 0 Å². The molecule has 26 heavy (non-hydrogen) atoms. The first-order valence-electron chi connectivity index (χ1n) is 8.26. The molecule has 5 heteroatoms. The summed E-state index contributed by atoms with van der Waals surface area (Å²) in [5.74, 6) is -0.779. The quantitative estimate of drug-likeness (QED) is 0.776. The highest BCUT2D eigenvalue weighted by Crippen LogP contribution is 2.15. The third kappa shape index (κ3) is 3.88. The van der Waals surface area contributed by atoms with Gasteiger partial charge in [-0.3, -0.25) is 9.59 Å². The second kappa shape index (κ2) is 7.35. The van der Waals surface area contributed by atoms with E-state index in [1.807, 2.05) is 31.2 Å².